The zero-order valence-corrected chi connectivity index (χ0v) is 10.9. The second-order valence-electron chi connectivity index (χ2n) is 3.31. The topological polar surface area (TPSA) is 106 Å². The molecule has 0 saturated heterocycles. The smallest absolute Gasteiger partial charge is 0.244 e. The molecule has 0 unspecified atom stereocenters. The molecule has 1 aromatic heterocycles. The van der Waals surface area contributed by atoms with E-state index in [1.165, 1.54) is 5.69 Å². The molecular weight excluding hydrogens is 260 g/mol. The fraction of sp³-hybridized carbons (Fsp3) is 0.700. The molecule has 0 bridgehead atoms. The van der Waals surface area contributed by atoms with E-state index in [0.29, 0.717) is 0 Å². The molecule has 0 fully saturated rings. The van der Waals surface area contributed by atoms with Crippen molar-refractivity contribution in [2.75, 3.05) is 0 Å². The number of aliphatic hydroxyl groups excluding tert-OH is 1. The highest BCUT2D eigenvalue weighted by Crippen LogP contribution is 2.03. The van der Waals surface area contributed by atoms with Gasteiger partial charge in [-0.15, -0.1) is 0 Å². The summed E-state index contributed by atoms with van der Waals surface area (Å²) < 4.78 is 37.1. The van der Waals surface area contributed by atoms with Gasteiger partial charge in [0.25, 0.3) is 0 Å². The van der Waals surface area contributed by atoms with Crippen LogP contribution in [0.3, 0.4) is 0 Å². The molecule has 0 aromatic carbocycles. The SMILES string of the molecule is C.CCn1c[n+](CC)c(CO)c1C.O=S(=O)([O-])O. The van der Waals surface area contributed by atoms with Gasteiger partial charge in [-0.25, -0.2) is 17.6 Å². The van der Waals surface area contributed by atoms with Crippen LogP contribution in [0.1, 0.15) is 32.7 Å². The van der Waals surface area contributed by atoms with Crippen LogP contribution in [-0.2, 0) is 30.1 Å². The number of hydrogen-bond acceptors (Lipinski definition) is 4. The van der Waals surface area contributed by atoms with E-state index in [-0.39, 0.29) is 14.0 Å². The van der Waals surface area contributed by atoms with E-state index in [4.69, 9.17) is 22.6 Å². The average molecular weight is 282 g/mol. The number of hydrogen-bond donors (Lipinski definition) is 2. The number of rotatable bonds is 3. The maximum absolute atomic E-state index is 9.11. The maximum atomic E-state index is 9.11. The van der Waals surface area contributed by atoms with E-state index in [9.17, 15) is 0 Å². The van der Waals surface area contributed by atoms with E-state index >= 15 is 0 Å². The molecule has 0 aliphatic heterocycles. The molecule has 0 radical (unpaired) electrons. The lowest BCUT2D eigenvalue weighted by molar-refractivity contribution is -0.702. The number of aryl methyl sites for hydroxylation is 2. The van der Waals surface area contributed by atoms with Crippen molar-refractivity contribution < 1.29 is 27.2 Å². The van der Waals surface area contributed by atoms with Gasteiger partial charge in [-0.2, -0.15) is 0 Å². The Morgan fingerprint density at radius 1 is 1.44 bits per heavy atom. The van der Waals surface area contributed by atoms with Gasteiger partial charge in [-0.3, -0.25) is 4.55 Å². The lowest BCUT2D eigenvalue weighted by atomic mass is 10.3. The van der Waals surface area contributed by atoms with Crippen molar-refractivity contribution in [1.82, 2.24) is 4.57 Å². The Morgan fingerprint density at radius 2 is 1.89 bits per heavy atom. The van der Waals surface area contributed by atoms with Crippen molar-refractivity contribution in [1.29, 1.82) is 0 Å². The molecule has 0 aliphatic rings. The summed E-state index contributed by atoms with van der Waals surface area (Å²) in [5, 5.41) is 9.11. The molecule has 8 heteroatoms. The standard InChI is InChI=1S/C9H17N2O.CH4.H2O4S/c1-4-10-7-11(5-2)9(6-12)8(10)3;;1-5(2,3)4/h7,12H,4-6H2,1-3H3;1H4;(H2,1,2,3,4)/q+1;;/p-1. The lowest BCUT2D eigenvalue weighted by Gasteiger charge is -1.93. The first-order chi connectivity index (χ1) is 7.74. The Labute approximate surface area is 108 Å². The normalized spacial score (nSPS) is 10.3. The molecular formula is C10H22N2O5S. The third-order valence-electron chi connectivity index (χ3n) is 2.31. The molecule has 7 nitrogen and oxygen atoms in total. The van der Waals surface area contributed by atoms with Gasteiger partial charge in [-0.1, -0.05) is 7.43 Å². The summed E-state index contributed by atoms with van der Waals surface area (Å²) in [6.07, 6.45) is 2.06. The van der Waals surface area contributed by atoms with E-state index < -0.39 is 10.4 Å². The van der Waals surface area contributed by atoms with Gasteiger partial charge in [0.1, 0.15) is 12.3 Å². The third-order valence-corrected chi connectivity index (χ3v) is 2.31. The minimum Gasteiger partial charge on any atom is -0.726 e. The highest BCUT2D eigenvalue weighted by atomic mass is 32.3. The first-order valence-corrected chi connectivity index (χ1v) is 6.48. The zero-order chi connectivity index (χ0) is 13.6. The predicted molar refractivity (Wildman–Crippen MR) is 65.7 cm³/mol. The van der Waals surface area contributed by atoms with E-state index in [0.717, 1.165) is 18.8 Å². The van der Waals surface area contributed by atoms with Crippen LogP contribution in [0.5, 0.6) is 0 Å². The summed E-state index contributed by atoms with van der Waals surface area (Å²) in [4.78, 5) is 0. The first-order valence-electron chi connectivity index (χ1n) is 5.11. The first kappa shape index (κ1) is 19.4. The molecule has 0 atom stereocenters. The van der Waals surface area contributed by atoms with E-state index in [2.05, 4.69) is 29.3 Å². The minimum absolute atomic E-state index is 0. The van der Waals surface area contributed by atoms with E-state index in [1.807, 2.05) is 6.92 Å². The molecule has 0 amide bonds. The van der Waals surface area contributed by atoms with Gasteiger partial charge in [0.2, 0.25) is 16.7 Å². The van der Waals surface area contributed by atoms with Gasteiger partial charge in [-0.05, 0) is 13.8 Å². The van der Waals surface area contributed by atoms with Crippen molar-refractivity contribution in [3.63, 3.8) is 0 Å². The molecule has 1 aromatic rings. The fourth-order valence-electron chi connectivity index (χ4n) is 1.49. The van der Waals surface area contributed by atoms with Gasteiger partial charge < -0.3 is 9.66 Å². The van der Waals surface area contributed by atoms with Crippen LogP contribution in [0.2, 0.25) is 0 Å². The Balaban J connectivity index is 0. The summed E-state index contributed by atoms with van der Waals surface area (Å²) in [5.41, 5.74) is 2.20. The lowest BCUT2D eigenvalue weighted by Crippen LogP contribution is -2.34. The monoisotopic (exact) mass is 282 g/mol. The third kappa shape index (κ3) is 6.70. The summed E-state index contributed by atoms with van der Waals surface area (Å²) in [6, 6.07) is 0. The molecule has 1 heterocycles. The average Bonchev–Trinajstić information content (AvgIpc) is 2.51. The van der Waals surface area contributed by atoms with Gasteiger partial charge >= 0.3 is 0 Å². The van der Waals surface area contributed by atoms with Crippen molar-refractivity contribution in [3.05, 3.63) is 17.7 Å². The summed E-state index contributed by atoms with van der Waals surface area (Å²) in [5.74, 6) is 0. The molecule has 1 rings (SSSR count). The van der Waals surface area contributed by atoms with Crippen molar-refractivity contribution in [3.8, 4) is 0 Å². The number of imidazole rings is 1. The molecule has 0 saturated carbocycles. The van der Waals surface area contributed by atoms with Crippen LogP contribution in [0, 0.1) is 6.92 Å². The second-order valence-corrected chi connectivity index (χ2v) is 4.16. The number of aliphatic hydroxyl groups is 1. The quantitative estimate of drug-likeness (QED) is 0.470. The molecule has 18 heavy (non-hydrogen) atoms. The summed E-state index contributed by atoms with van der Waals surface area (Å²) in [6.45, 7) is 8.25. The van der Waals surface area contributed by atoms with Crippen LogP contribution < -0.4 is 4.57 Å². The Kier molecular flexibility index (Phi) is 8.83. The largest absolute Gasteiger partial charge is 0.726 e. The Bertz CT molecular complexity index is 445. The van der Waals surface area contributed by atoms with Crippen LogP contribution in [0.15, 0.2) is 6.33 Å². The highest BCUT2D eigenvalue weighted by Gasteiger charge is 2.15. The summed E-state index contributed by atoms with van der Waals surface area (Å²) in [7, 11) is -4.92. The van der Waals surface area contributed by atoms with Crippen molar-refractivity contribution >= 4 is 10.4 Å². The van der Waals surface area contributed by atoms with Crippen LogP contribution in [0.4, 0.5) is 0 Å². The second kappa shape index (κ2) is 8.20. The number of nitrogens with zero attached hydrogens (tertiary/aromatic N) is 2. The molecule has 2 N–H and O–H groups in total. The Hall–Kier alpha value is -0.960. The molecule has 108 valence electrons. The van der Waals surface area contributed by atoms with E-state index in [1.54, 1.807) is 0 Å². The zero-order valence-electron chi connectivity index (χ0n) is 10.1. The Morgan fingerprint density at radius 3 is 2.11 bits per heavy atom. The molecule has 0 aliphatic carbocycles. The number of aromatic nitrogens is 2. The molecule has 0 spiro atoms. The van der Waals surface area contributed by atoms with Crippen molar-refractivity contribution in [2.45, 2.75) is 47.9 Å². The summed E-state index contributed by atoms with van der Waals surface area (Å²) >= 11 is 0. The fourth-order valence-corrected chi connectivity index (χ4v) is 1.49. The van der Waals surface area contributed by atoms with Crippen molar-refractivity contribution in [2.24, 2.45) is 0 Å². The van der Waals surface area contributed by atoms with Crippen LogP contribution in [0.25, 0.3) is 0 Å². The van der Waals surface area contributed by atoms with Gasteiger partial charge in [0.05, 0.1) is 13.1 Å². The highest BCUT2D eigenvalue weighted by molar-refractivity contribution is 7.79. The van der Waals surface area contributed by atoms with Crippen LogP contribution >= 0.6 is 0 Å². The minimum atomic E-state index is -4.92. The van der Waals surface area contributed by atoms with Crippen LogP contribution in [-0.4, -0.2) is 27.2 Å². The van der Waals surface area contributed by atoms with Gasteiger partial charge in [0, 0.05) is 6.92 Å². The van der Waals surface area contributed by atoms with Gasteiger partial charge in [0.15, 0.2) is 5.69 Å². The maximum Gasteiger partial charge on any atom is 0.244 e. The predicted octanol–water partition coefficient (Wildman–Crippen LogP) is 0.257.